The predicted molar refractivity (Wildman–Crippen MR) is 260 cm³/mol. The fourth-order valence-corrected chi connectivity index (χ4v) is 5.77. The molecule has 0 aromatic rings. The van der Waals surface area contributed by atoms with Gasteiger partial charge < -0.3 is 14.2 Å². The fourth-order valence-electron chi connectivity index (χ4n) is 5.77. The lowest BCUT2D eigenvalue weighted by Crippen LogP contribution is -2.30. The zero-order valence-corrected chi connectivity index (χ0v) is 38.6. The maximum absolute atomic E-state index is 12.8. The van der Waals surface area contributed by atoms with E-state index < -0.39 is 6.10 Å². The average Bonchev–Trinajstić information content (AvgIpc) is 3.26. The normalized spacial score (nSPS) is 13.3. The highest BCUT2D eigenvalue weighted by atomic mass is 16.6. The second kappa shape index (κ2) is 48.2. The van der Waals surface area contributed by atoms with Crippen LogP contribution in [0.4, 0.5) is 0 Å². The summed E-state index contributed by atoms with van der Waals surface area (Å²) in [5.74, 6) is -1.07. The maximum atomic E-state index is 12.8. The molecule has 0 aliphatic heterocycles. The van der Waals surface area contributed by atoms with E-state index >= 15 is 0 Å². The van der Waals surface area contributed by atoms with E-state index in [9.17, 15) is 14.4 Å². The van der Waals surface area contributed by atoms with Crippen LogP contribution in [0.5, 0.6) is 0 Å². The molecule has 61 heavy (non-hydrogen) atoms. The molecule has 1 atom stereocenters. The minimum absolute atomic E-state index is 0.130. The van der Waals surface area contributed by atoms with Gasteiger partial charge in [-0.2, -0.15) is 0 Å². The van der Waals surface area contributed by atoms with Crippen molar-refractivity contribution in [3.63, 3.8) is 0 Å². The summed E-state index contributed by atoms with van der Waals surface area (Å²) in [6.07, 6.45) is 67.3. The number of esters is 3. The van der Waals surface area contributed by atoms with Gasteiger partial charge in [-0.25, -0.2) is 0 Å². The van der Waals surface area contributed by atoms with E-state index in [-0.39, 0.29) is 44.0 Å². The molecule has 0 spiro atoms. The number of hydrogen-bond acceptors (Lipinski definition) is 6. The van der Waals surface area contributed by atoms with Gasteiger partial charge in [0.25, 0.3) is 0 Å². The minimum atomic E-state index is -0.832. The van der Waals surface area contributed by atoms with E-state index in [1.165, 1.54) is 19.3 Å². The van der Waals surface area contributed by atoms with Gasteiger partial charge in [-0.05, 0) is 96.3 Å². The lowest BCUT2D eigenvalue weighted by molar-refractivity contribution is -0.166. The molecule has 0 amide bonds. The topological polar surface area (TPSA) is 78.9 Å². The van der Waals surface area contributed by atoms with Crippen LogP contribution in [0.25, 0.3) is 0 Å². The van der Waals surface area contributed by atoms with Gasteiger partial charge in [0.15, 0.2) is 6.10 Å². The number of unbranched alkanes of at least 4 members (excludes halogenated alkanes) is 10. The number of carbonyl (C=O) groups excluding carboxylic acids is 3. The van der Waals surface area contributed by atoms with Crippen molar-refractivity contribution in [3.05, 3.63) is 134 Å². The van der Waals surface area contributed by atoms with Gasteiger partial charge in [-0.15, -0.1) is 0 Å². The first kappa shape index (κ1) is 56.5. The monoisotopic (exact) mass is 841 g/mol. The molecule has 0 heterocycles. The summed E-state index contributed by atoms with van der Waals surface area (Å²) < 4.78 is 16.6. The molecule has 0 rings (SSSR count). The smallest absolute Gasteiger partial charge is 0.306 e. The van der Waals surface area contributed by atoms with Crippen LogP contribution in [0.2, 0.25) is 0 Å². The highest BCUT2D eigenvalue weighted by molar-refractivity contribution is 5.71. The molecule has 0 bridgehead atoms. The molecule has 6 nitrogen and oxygen atoms in total. The van der Waals surface area contributed by atoms with Gasteiger partial charge in [0.05, 0.1) is 0 Å². The zero-order chi connectivity index (χ0) is 44.4. The lowest BCUT2D eigenvalue weighted by atomic mass is 10.1. The standard InChI is InChI=1S/C55H84O6/c1-4-7-10-13-16-19-22-25-27-28-31-33-36-39-42-45-48-54(57)60-51-52(50-59-53(56)47-44-41-38-35-32-29-24-21-18-15-12-9-6-3)61-55(58)49-46-43-40-37-34-30-26-23-20-17-14-11-8-5-2/h7-12,15-21,24-25,27,29,31-33,39,42,52H,4-6,13-14,22-23,26,28,30,34-38,40-41,43-51H2,1-3H3/b10-7-,11-8-,12-9-,18-15-,19-16-,20-17-,24-21-,27-25-,32-29-,33-31-,42-39-. The van der Waals surface area contributed by atoms with Crippen LogP contribution >= 0.6 is 0 Å². The SMILES string of the molecule is CC\C=C/C=C\C=C/C=C\CCCCCC(=O)OCC(COC(=O)CC/C=C\C/C=C\C/C=C\C/C=C\C/C=C\CC)OC(=O)CCCCCCCCC/C=C\C/C=C\CC. The first-order chi connectivity index (χ1) is 30.0. The Hall–Kier alpha value is -4.45. The molecule has 0 fully saturated rings. The van der Waals surface area contributed by atoms with Crippen LogP contribution in [0.3, 0.4) is 0 Å². The summed E-state index contributed by atoms with van der Waals surface area (Å²) in [4.78, 5) is 37.8. The summed E-state index contributed by atoms with van der Waals surface area (Å²) >= 11 is 0. The second-order valence-electron chi connectivity index (χ2n) is 15.0. The minimum Gasteiger partial charge on any atom is -0.462 e. The summed E-state index contributed by atoms with van der Waals surface area (Å²) in [7, 11) is 0. The molecule has 0 aromatic carbocycles. The molecule has 0 saturated carbocycles. The van der Waals surface area contributed by atoms with Crippen LogP contribution in [-0.4, -0.2) is 37.2 Å². The summed E-state index contributed by atoms with van der Waals surface area (Å²) in [5.41, 5.74) is 0. The number of hydrogen-bond donors (Lipinski definition) is 0. The second-order valence-corrected chi connectivity index (χ2v) is 15.0. The number of carbonyl (C=O) groups is 3. The fraction of sp³-hybridized carbons (Fsp3) is 0.545. The van der Waals surface area contributed by atoms with Crippen molar-refractivity contribution >= 4 is 17.9 Å². The van der Waals surface area contributed by atoms with Gasteiger partial charge in [0.2, 0.25) is 0 Å². The van der Waals surface area contributed by atoms with E-state index in [0.717, 1.165) is 109 Å². The Kier molecular flexibility index (Phi) is 44.7. The van der Waals surface area contributed by atoms with Crippen molar-refractivity contribution in [3.8, 4) is 0 Å². The van der Waals surface area contributed by atoms with Crippen LogP contribution in [-0.2, 0) is 28.6 Å². The molecule has 0 aliphatic rings. The third kappa shape index (κ3) is 46.5. The van der Waals surface area contributed by atoms with E-state index in [4.69, 9.17) is 14.2 Å². The van der Waals surface area contributed by atoms with Crippen LogP contribution in [0.15, 0.2) is 134 Å². The third-order valence-corrected chi connectivity index (χ3v) is 9.24. The van der Waals surface area contributed by atoms with Crippen molar-refractivity contribution in [2.75, 3.05) is 13.2 Å². The summed E-state index contributed by atoms with van der Waals surface area (Å²) in [6.45, 7) is 6.13. The highest BCUT2D eigenvalue weighted by Gasteiger charge is 2.19. The highest BCUT2D eigenvalue weighted by Crippen LogP contribution is 2.12. The lowest BCUT2D eigenvalue weighted by Gasteiger charge is -2.18. The van der Waals surface area contributed by atoms with E-state index in [2.05, 4.69) is 106 Å². The molecular formula is C55H84O6. The van der Waals surface area contributed by atoms with Crippen LogP contribution in [0, 0.1) is 0 Å². The van der Waals surface area contributed by atoms with Crippen molar-refractivity contribution in [2.45, 2.75) is 181 Å². The zero-order valence-electron chi connectivity index (χ0n) is 38.6. The van der Waals surface area contributed by atoms with Gasteiger partial charge in [0.1, 0.15) is 13.2 Å². The maximum Gasteiger partial charge on any atom is 0.306 e. The molecular weight excluding hydrogens is 757 g/mol. The van der Waals surface area contributed by atoms with Crippen LogP contribution < -0.4 is 0 Å². The van der Waals surface area contributed by atoms with E-state index in [1.54, 1.807) is 0 Å². The average molecular weight is 841 g/mol. The molecule has 0 N–H and O–H groups in total. The Morgan fingerprint density at radius 2 is 0.705 bits per heavy atom. The number of ether oxygens (including phenoxy) is 3. The van der Waals surface area contributed by atoms with Gasteiger partial charge >= 0.3 is 17.9 Å². The predicted octanol–water partition coefficient (Wildman–Crippen LogP) is 15.5. The van der Waals surface area contributed by atoms with Crippen LogP contribution in [0.1, 0.15) is 175 Å². The van der Waals surface area contributed by atoms with Crippen molar-refractivity contribution in [1.29, 1.82) is 0 Å². The summed E-state index contributed by atoms with van der Waals surface area (Å²) in [6, 6.07) is 0. The molecule has 340 valence electrons. The van der Waals surface area contributed by atoms with Crippen molar-refractivity contribution in [1.82, 2.24) is 0 Å². The van der Waals surface area contributed by atoms with Gasteiger partial charge in [0, 0.05) is 19.3 Å². The Balaban J connectivity index is 4.60. The van der Waals surface area contributed by atoms with E-state index in [0.29, 0.717) is 12.8 Å². The van der Waals surface area contributed by atoms with Crippen molar-refractivity contribution < 1.29 is 28.6 Å². The largest absolute Gasteiger partial charge is 0.462 e. The Morgan fingerprint density at radius 3 is 1.23 bits per heavy atom. The molecule has 6 heteroatoms. The Bertz CT molecular complexity index is 1380. The first-order valence-corrected chi connectivity index (χ1v) is 23.7. The number of allylic oxidation sites excluding steroid dienone is 22. The van der Waals surface area contributed by atoms with Crippen molar-refractivity contribution in [2.24, 2.45) is 0 Å². The quantitative estimate of drug-likeness (QED) is 0.0201. The summed E-state index contributed by atoms with van der Waals surface area (Å²) in [5, 5.41) is 0. The third-order valence-electron chi connectivity index (χ3n) is 9.24. The molecule has 0 aliphatic carbocycles. The Morgan fingerprint density at radius 1 is 0.344 bits per heavy atom. The van der Waals surface area contributed by atoms with E-state index in [1.807, 2.05) is 48.6 Å². The molecule has 1 unspecified atom stereocenters. The molecule has 0 radical (unpaired) electrons. The number of rotatable bonds is 40. The first-order valence-electron chi connectivity index (χ1n) is 23.7. The van der Waals surface area contributed by atoms with Gasteiger partial charge in [-0.3, -0.25) is 14.4 Å². The van der Waals surface area contributed by atoms with Gasteiger partial charge in [-0.1, -0.05) is 193 Å². The Labute approximate surface area is 373 Å². The molecule has 0 saturated heterocycles. The molecule has 0 aromatic heterocycles.